The summed E-state index contributed by atoms with van der Waals surface area (Å²) in [6.07, 6.45) is 1.80. The molecule has 0 atom stereocenters. The maximum Gasteiger partial charge on any atom is 0.361 e. The van der Waals surface area contributed by atoms with Gasteiger partial charge in [0.25, 0.3) is 0 Å². The molecule has 1 aliphatic rings. The van der Waals surface area contributed by atoms with Gasteiger partial charge in [0.15, 0.2) is 11.5 Å². The third kappa shape index (κ3) is 4.23. The molecule has 2 aromatic carbocycles. The minimum Gasteiger partial charge on any atom is -0.456 e. The van der Waals surface area contributed by atoms with E-state index in [9.17, 15) is 4.79 Å². The molecular formula is C25H23N5O2. The van der Waals surface area contributed by atoms with Gasteiger partial charge in [0.05, 0.1) is 11.0 Å². The van der Waals surface area contributed by atoms with Crippen LogP contribution in [-0.4, -0.2) is 47.1 Å². The quantitative estimate of drug-likeness (QED) is 0.452. The largest absolute Gasteiger partial charge is 0.456 e. The van der Waals surface area contributed by atoms with E-state index in [1.54, 1.807) is 6.20 Å². The summed E-state index contributed by atoms with van der Waals surface area (Å²) >= 11 is 0. The average molecular weight is 425 g/mol. The van der Waals surface area contributed by atoms with E-state index in [4.69, 9.17) is 9.72 Å². The van der Waals surface area contributed by atoms with Crippen LogP contribution in [-0.2, 0) is 11.3 Å². The van der Waals surface area contributed by atoms with Gasteiger partial charge < -0.3 is 14.5 Å². The van der Waals surface area contributed by atoms with Crippen molar-refractivity contribution in [3.63, 3.8) is 0 Å². The van der Waals surface area contributed by atoms with Crippen LogP contribution < -0.4 is 9.80 Å². The van der Waals surface area contributed by atoms with E-state index in [2.05, 4.69) is 19.8 Å². The summed E-state index contributed by atoms with van der Waals surface area (Å²) in [5, 5.41) is 0. The van der Waals surface area contributed by atoms with Crippen LogP contribution in [0.1, 0.15) is 16.1 Å². The molecule has 0 N–H and O–H groups in total. The molecule has 0 aliphatic carbocycles. The number of para-hydroxylation sites is 2. The predicted octanol–water partition coefficient (Wildman–Crippen LogP) is 3.71. The number of nitrogens with zero attached hydrogens (tertiary/aromatic N) is 5. The Hall–Kier alpha value is -4.00. The zero-order chi connectivity index (χ0) is 21.8. The number of piperazine rings is 1. The molecule has 7 heteroatoms. The Morgan fingerprint density at radius 3 is 2.16 bits per heavy atom. The lowest BCUT2D eigenvalue weighted by molar-refractivity contribution is 0.0466. The maximum atomic E-state index is 13.0. The SMILES string of the molecule is O=C(OCc1ccccc1)c1nc2ccccc2nc1N1CCN(c2ccccn2)CC1. The summed E-state index contributed by atoms with van der Waals surface area (Å²) in [4.78, 5) is 31.3. The van der Waals surface area contributed by atoms with Crippen LogP contribution in [0.5, 0.6) is 0 Å². The van der Waals surface area contributed by atoms with Crippen molar-refractivity contribution in [3.8, 4) is 0 Å². The Kier molecular flexibility index (Phi) is 5.61. The number of carbonyl (C=O) groups is 1. The Labute approximate surface area is 186 Å². The van der Waals surface area contributed by atoms with Gasteiger partial charge in [0.1, 0.15) is 12.4 Å². The van der Waals surface area contributed by atoms with Gasteiger partial charge in [-0.25, -0.2) is 19.7 Å². The van der Waals surface area contributed by atoms with Gasteiger partial charge in [0, 0.05) is 32.4 Å². The van der Waals surface area contributed by atoms with E-state index in [0.717, 1.165) is 30.0 Å². The molecule has 3 heterocycles. The van der Waals surface area contributed by atoms with Crippen molar-refractivity contribution in [1.29, 1.82) is 0 Å². The lowest BCUT2D eigenvalue weighted by Gasteiger charge is -2.36. The second-order valence-electron chi connectivity index (χ2n) is 7.61. The van der Waals surface area contributed by atoms with Crippen LogP contribution in [0.3, 0.4) is 0 Å². The summed E-state index contributed by atoms with van der Waals surface area (Å²) in [5.41, 5.74) is 2.62. The van der Waals surface area contributed by atoms with Crippen LogP contribution >= 0.6 is 0 Å². The number of aromatic nitrogens is 3. The van der Waals surface area contributed by atoms with Gasteiger partial charge in [-0.05, 0) is 29.8 Å². The van der Waals surface area contributed by atoms with E-state index in [1.807, 2.05) is 72.8 Å². The zero-order valence-corrected chi connectivity index (χ0v) is 17.6. The Bertz CT molecular complexity index is 1210. The van der Waals surface area contributed by atoms with E-state index in [1.165, 1.54) is 0 Å². The molecule has 4 aromatic rings. The molecule has 0 unspecified atom stereocenters. The highest BCUT2D eigenvalue weighted by Gasteiger charge is 2.26. The fraction of sp³-hybridized carbons (Fsp3) is 0.200. The number of fused-ring (bicyclic) bond motifs is 1. The standard InChI is InChI=1S/C25H23N5O2/c31-25(32-18-19-8-2-1-3-9-19)23-24(28-21-11-5-4-10-20(21)27-23)30-16-14-29(15-17-30)22-12-6-7-13-26-22/h1-13H,14-18H2. The number of ether oxygens (including phenoxy) is 1. The number of rotatable bonds is 5. The molecule has 32 heavy (non-hydrogen) atoms. The topological polar surface area (TPSA) is 71.5 Å². The van der Waals surface area contributed by atoms with Gasteiger partial charge in [0.2, 0.25) is 0 Å². The summed E-state index contributed by atoms with van der Waals surface area (Å²) in [7, 11) is 0. The fourth-order valence-corrected chi connectivity index (χ4v) is 3.83. The minimum atomic E-state index is -0.464. The summed E-state index contributed by atoms with van der Waals surface area (Å²) in [6, 6.07) is 23.1. The van der Waals surface area contributed by atoms with Crippen LogP contribution in [0.2, 0.25) is 0 Å². The molecule has 1 saturated heterocycles. The van der Waals surface area contributed by atoms with E-state index in [0.29, 0.717) is 24.4 Å². The predicted molar refractivity (Wildman–Crippen MR) is 124 cm³/mol. The number of anilines is 2. The monoisotopic (exact) mass is 425 g/mol. The molecular weight excluding hydrogens is 402 g/mol. The van der Waals surface area contributed by atoms with Crippen molar-refractivity contribution in [2.45, 2.75) is 6.61 Å². The third-order valence-corrected chi connectivity index (χ3v) is 5.51. The first-order chi connectivity index (χ1) is 15.8. The molecule has 0 radical (unpaired) electrons. The second-order valence-corrected chi connectivity index (χ2v) is 7.61. The molecule has 0 bridgehead atoms. The number of pyridine rings is 1. The van der Waals surface area contributed by atoms with Gasteiger partial charge in [-0.15, -0.1) is 0 Å². The van der Waals surface area contributed by atoms with Crippen molar-refractivity contribution in [1.82, 2.24) is 15.0 Å². The first-order valence-corrected chi connectivity index (χ1v) is 10.7. The van der Waals surface area contributed by atoms with E-state index >= 15 is 0 Å². The molecule has 160 valence electrons. The van der Waals surface area contributed by atoms with Crippen LogP contribution in [0, 0.1) is 0 Å². The van der Waals surface area contributed by atoms with Crippen LogP contribution in [0.4, 0.5) is 11.6 Å². The molecule has 0 amide bonds. The Morgan fingerprint density at radius 1 is 0.781 bits per heavy atom. The maximum absolute atomic E-state index is 13.0. The lowest BCUT2D eigenvalue weighted by atomic mass is 10.2. The first kappa shape index (κ1) is 19.9. The van der Waals surface area contributed by atoms with Gasteiger partial charge in [-0.1, -0.05) is 48.5 Å². The number of hydrogen-bond acceptors (Lipinski definition) is 7. The van der Waals surface area contributed by atoms with Crippen LogP contribution in [0.15, 0.2) is 79.0 Å². The third-order valence-electron chi connectivity index (χ3n) is 5.51. The van der Waals surface area contributed by atoms with E-state index in [-0.39, 0.29) is 12.3 Å². The highest BCUT2D eigenvalue weighted by Crippen LogP contribution is 2.24. The summed E-state index contributed by atoms with van der Waals surface area (Å²) in [6.45, 7) is 3.18. The molecule has 1 fully saturated rings. The van der Waals surface area contributed by atoms with Crippen molar-refractivity contribution < 1.29 is 9.53 Å². The lowest BCUT2D eigenvalue weighted by Crippen LogP contribution is -2.47. The Balaban J connectivity index is 1.39. The summed E-state index contributed by atoms with van der Waals surface area (Å²) in [5.74, 6) is 1.07. The molecule has 0 spiro atoms. The Morgan fingerprint density at radius 2 is 1.44 bits per heavy atom. The normalized spacial score (nSPS) is 13.9. The number of hydrogen-bond donors (Lipinski definition) is 0. The zero-order valence-electron chi connectivity index (χ0n) is 17.6. The van der Waals surface area contributed by atoms with Gasteiger partial charge in [-0.3, -0.25) is 0 Å². The molecule has 7 nitrogen and oxygen atoms in total. The van der Waals surface area contributed by atoms with E-state index < -0.39 is 5.97 Å². The van der Waals surface area contributed by atoms with Crippen molar-refractivity contribution >= 4 is 28.6 Å². The number of carbonyl (C=O) groups excluding carboxylic acids is 1. The first-order valence-electron chi connectivity index (χ1n) is 10.7. The number of esters is 1. The molecule has 0 saturated carbocycles. The van der Waals surface area contributed by atoms with Crippen molar-refractivity contribution in [2.75, 3.05) is 36.0 Å². The highest BCUT2D eigenvalue weighted by molar-refractivity contribution is 5.95. The van der Waals surface area contributed by atoms with Crippen molar-refractivity contribution in [3.05, 3.63) is 90.3 Å². The fourth-order valence-electron chi connectivity index (χ4n) is 3.83. The second kappa shape index (κ2) is 9.01. The van der Waals surface area contributed by atoms with Gasteiger partial charge >= 0.3 is 5.97 Å². The van der Waals surface area contributed by atoms with Crippen LogP contribution in [0.25, 0.3) is 11.0 Å². The highest BCUT2D eigenvalue weighted by atomic mass is 16.5. The van der Waals surface area contributed by atoms with Gasteiger partial charge in [-0.2, -0.15) is 0 Å². The minimum absolute atomic E-state index is 0.196. The average Bonchev–Trinajstić information content (AvgIpc) is 2.88. The molecule has 1 aliphatic heterocycles. The molecule has 2 aromatic heterocycles. The molecule has 5 rings (SSSR count). The smallest absolute Gasteiger partial charge is 0.361 e. The van der Waals surface area contributed by atoms with Crippen molar-refractivity contribution in [2.24, 2.45) is 0 Å². The summed E-state index contributed by atoms with van der Waals surface area (Å²) < 4.78 is 5.60. The number of benzene rings is 2.